The van der Waals surface area contributed by atoms with E-state index in [1.807, 2.05) is 19.1 Å². The van der Waals surface area contributed by atoms with Gasteiger partial charge in [-0.25, -0.2) is 9.37 Å². The van der Waals surface area contributed by atoms with E-state index in [1.165, 1.54) is 12.1 Å². The van der Waals surface area contributed by atoms with Gasteiger partial charge in [-0.1, -0.05) is 26.0 Å². The summed E-state index contributed by atoms with van der Waals surface area (Å²) in [6, 6.07) is 6.61. The van der Waals surface area contributed by atoms with Crippen LogP contribution in [0.4, 0.5) is 4.39 Å². The van der Waals surface area contributed by atoms with Crippen LogP contribution in [0.3, 0.4) is 0 Å². The zero-order valence-corrected chi connectivity index (χ0v) is 12.8. The van der Waals surface area contributed by atoms with Gasteiger partial charge < -0.3 is 0 Å². The second-order valence-corrected chi connectivity index (χ2v) is 6.57. The third-order valence-electron chi connectivity index (χ3n) is 3.74. The van der Waals surface area contributed by atoms with Crippen molar-refractivity contribution in [1.29, 1.82) is 0 Å². The monoisotopic (exact) mass is 293 g/mol. The van der Waals surface area contributed by atoms with E-state index in [2.05, 4.69) is 29.6 Å². The van der Waals surface area contributed by atoms with Crippen molar-refractivity contribution in [1.82, 2.24) is 10.4 Å². The predicted octanol–water partition coefficient (Wildman–Crippen LogP) is 2.94. The Labute approximate surface area is 123 Å². The molecule has 1 aromatic carbocycles. The Kier molecular flexibility index (Phi) is 4.52. The molecule has 0 aliphatic rings. The molecule has 0 amide bonds. The average molecular weight is 293 g/mol. The molecule has 0 aliphatic carbocycles. The van der Waals surface area contributed by atoms with Crippen molar-refractivity contribution < 1.29 is 4.39 Å². The van der Waals surface area contributed by atoms with Crippen LogP contribution in [0.15, 0.2) is 29.6 Å². The molecule has 1 heterocycles. The number of hydrogen-bond acceptors (Lipinski definition) is 4. The summed E-state index contributed by atoms with van der Waals surface area (Å²) in [5, 5.41) is 3.11. The number of hydrazine groups is 1. The number of nitrogens with two attached hydrogens (primary N) is 1. The van der Waals surface area contributed by atoms with Crippen LogP contribution in [0, 0.1) is 12.7 Å². The average Bonchev–Trinajstić information content (AvgIpc) is 2.82. The molecule has 0 fully saturated rings. The van der Waals surface area contributed by atoms with Gasteiger partial charge in [0.2, 0.25) is 0 Å². The van der Waals surface area contributed by atoms with Crippen molar-refractivity contribution in [3.05, 3.63) is 51.7 Å². The second-order valence-electron chi connectivity index (χ2n) is 5.51. The van der Waals surface area contributed by atoms with Gasteiger partial charge in [0.25, 0.3) is 0 Å². The molecule has 0 saturated heterocycles. The van der Waals surface area contributed by atoms with E-state index in [9.17, 15) is 4.39 Å². The summed E-state index contributed by atoms with van der Waals surface area (Å²) in [6.45, 7) is 6.19. The van der Waals surface area contributed by atoms with Gasteiger partial charge in [-0.05, 0) is 24.6 Å². The highest BCUT2D eigenvalue weighted by Crippen LogP contribution is 2.29. The minimum absolute atomic E-state index is 0.0226. The molecule has 108 valence electrons. The van der Waals surface area contributed by atoms with E-state index in [0.29, 0.717) is 0 Å². The SMILES string of the molecule is Cc1nc(CC(NN)C(C)(C)c2ccc(F)cc2)cs1. The van der Waals surface area contributed by atoms with E-state index >= 15 is 0 Å². The highest BCUT2D eigenvalue weighted by Gasteiger charge is 2.31. The maximum absolute atomic E-state index is 13.1. The molecule has 1 unspecified atom stereocenters. The number of rotatable bonds is 5. The fourth-order valence-corrected chi connectivity index (χ4v) is 2.94. The zero-order chi connectivity index (χ0) is 14.8. The highest BCUT2D eigenvalue weighted by atomic mass is 32.1. The number of thiazole rings is 1. The Bertz CT molecular complexity index is 563. The summed E-state index contributed by atoms with van der Waals surface area (Å²) in [5.74, 6) is 5.51. The number of halogens is 1. The summed E-state index contributed by atoms with van der Waals surface area (Å²) < 4.78 is 13.1. The number of nitrogens with one attached hydrogen (secondary N) is 1. The molecule has 0 bridgehead atoms. The summed E-state index contributed by atoms with van der Waals surface area (Å²) >= 11 is 1.64. The van der Waals surface area contributed by atoms with Crippen molar-refractivity contribution in [2.75, 3.05) is 0 Å². The Morgan fingerprint density at radius 2 is 2.00 bits per heavy atom. The lowest BCUT2D eigenvalue weighted by Gasteiger charge is -2.34. The highest BCUT2D eigenvalue weighted by molar-refractivity contribution is 7.09. The minimum atomic E-state index is -0.225. The van der Waals surface area contributed by atoms with Crippen LogP contribution < -0.4 is 11.3 Å². The van der Waals surface area contributed by atoms with Crippen molar-refractivity contribution in [2.24, 2.45) is 5.84 Å². The maximum atomic E-state index is 13.1. The largest absolute Gasteiger partial charge is 0.271 e. The molecule has 3 N–H and O–H groups in total. The van der Waals surface area contributed by atoms with E-state index < -0.39 is 0 Å². The van der Waals surface area contributed by atoms with Gasteiger partial charge in [0.1, 0.15) is 5.82 Å². The van der Waals surface area contributed by atoms with Crippen LogP contribution in [0.25, 0.3) is 0 Å². The molecule has 5 heteroatoms. The normalized spacial score (nSPS) is 13.4. The van der Waals surface area contributed by atoms with Gasteiger partial charge in [-0.3, -0.25) is 11.3 Å². The molecule has 2 rings (SSSR count). The fraction of sp³-hybridized carbons (Fsp3) is 0.400. The Balaban J connectivity index is 2.22. The predicted molar refractivity (Wildman–Crippen MR) is 81.1 cm³/mol. The van der Waals surface area contributed by atoms with Crippen LogP contribution in [-0.2, 0) is 11.8 Å². The van der Waals surface area contributed by atoms with Crippen LogP contribution in [-0.4, -0.2) is 11.0 Å². The first-order chi connectivity index (χ1) is 9.43. The van der Waals surface area contributed by atoms with Gasteiger partial charge in [-0.15, -0.1) is 11.3 Å². The van der Waals surface area contributed by atoms with Crippen molar-refractivity contribution in [2.45, 2.75) is 38.6 Å². The van der Waals surface area contributed by atoms with Crippen molar-refractivity contribution >= 4 is 11.3 Å². The quantitative estimate of drug-likeness (QED) is 0.658. The number of hydrogen-bond donors (Lipinski definition) is 2. The Morgan fingerprint density at radius 1 is 1.35 bits per heavy atom. The Hall–Kier alpha value is -1.30. The molecule has 20 heavy (non-hydrogen) atoms. The number of nitrogens with zero attached hydrogens (tertiary/aromatic N) is 1. The summed E-state index contributed by atoms with van der Waals surface area (Å²) in [7, 11) is 0. The third kappa shape index (κ3) is 3.23. The third-order valence-corrected chi connectivity index (χ3v) is 4.56. The van der Waals surface area contributed by atoms with Crippen molar-refractivity contribution in [3.8, 4) is 0 Å². The first-order valence-corrected chi connectivity index (χ1v) is 7.44. The second kappa shape index (κ2) is 5.99. The standard InChI is InChI=1S/C15H20FN3S/c1-10-18-13(9-20-10)8-14(19-17)15(2,3)11-4-6-12(16)7-5-11/h4-7,9,14,19H,8,17H2,1-3H3. The van der Waals surface area contributed by atoms with Gasteiger partial charge >= 0.3 is 0 Å². The first-order valence-electron chi connectivity index (χ1n) is 6.56. The minimum Gasteiger partial charge on any atom is -0.271 e. The molecule has 3 nitrogen and oxygen atoms in total. The smallest absolute Gasteiger partial charge is 0.123 e. The number of aromatic nitrogens is 1. The van der Waals surface area contributed by atoms with E-state index in [4.69, 9.17) is 5.84 Å². The van der Waals surface area contributed by atoms with Gasteiger partial charge in [0.05, 0.1) is 10.7 Å². The van der Waals surface area contributed by atoms with E-state index in [1.54, 1.807) is 11.3 Å². The van der Waals surface area contributed by atoms with Crippen LogP contribution in [0.2, 0.25) is 0 Å². The molecular formula is C15H20FN3S. The van der Waals surface area contributed by atoms with Crippen LogP contribution >= 0.6 is 11.3 Å². The van der Waals surface area contributed by atoms with Gasteiger partial charge in [0, 0.05) is 23.3 Å². The number of aryl methyl sites for hydroxylation is 1. The van der Waals surface area contributed by atoms with Crippen molar-refractivity contribution in [3.63, 3.8) is 0 Å². The van der Waals surface area contributed by atoms with Crippen LogP contribution in [0.1, 0.15) is 30.1 Å². The fourth-order valence-electron chi connectivity index (χ4n) is 2.31. The van der Waals surface area contributed by atoms with Crippen LogP contribution in [0.5, 0.6) is 0 Å². The van der Waals surface area contributed by atoms with E-state index in [-0.39, 0.29) is 17.3 Å². The lowest BCUT2D eigenvalue weighted by atomic mass is 9.76. The molecule has 1 atom stereocenters. The molecule has 0 saturated carbocycles. The summed E-state index contributed by atoms with van der Waals surface area (Å²) in [5.41, 5.74) is 4.74. The molecular weight excluding hydrogens is 273 g/mol. The molecule has 0 aliphatic heterocycles. The van der Waals surface area contributed by atoms with Gasteiger partial charge in [0.15, 0.2) is 0 Å². The maximum Gasteiger partial charge on any atom is 0.123 e. The zero-order valence-electron chi connectivity index (χ0n) is 12.0. The molecule has 0 radical (unpaired) electrons. The number of benzene rings is 1. The molecule has 0 spiro atoms. The lowest BCUT2D eigenvalue weighted by Crippen LogP contribution is -2.49. The first kappa shape index (κ1) is 15.1. The summed E-state index contributed by atoms with van der Waals surface area (Å²) in [4.78, 5) is 4.48. The Morgan fingerprint density at radius 3 is 2.50 bits per heavy atom. The lowest BCUT2D eigenvalue weighted by molar-refractivity contribution is 0.339. The van der Waals surface area contributed by atoms with E-state index in [0.717, 1.165) is 22.7 Å². The summed E-state index contributed by atoms with van der Waals surface area (Å²) in [6.07, 6.45) is 0.741. The molecule has 1 aromatic heterocycles. The molecule has 2 aromatic rings. The van der Waals surface area contributed by atoms with Gasteiger partial charge in [-0.2, -0.15) is 0 Å². The topological polar surface area (TPSA) is 50.9 Å².